The van der Waals surface area contributed by atoms with Crippen LogP contribution in [-0.4, -0.2) is 15.0 Å². The first-order valence-electron chi connectivity index (χ1n) is 19.7. The number of hydrogen-bond acceptors (Lipinski definition) is 3. The molecular formula is C55H35N3. The van der Waals surface area contributed by atoms with Gasteiger partial charge in [0.1, 0.15) is 0 Å². The Bertz CT molecular complexity index is 3290. The van der Waals surface area contributed by atoms with Crippen LogP contribution in [0.5, 0.6) is 0 Å². The van der Waals surface area contributed by atoms with Gasteiger partial charge in [-0.15, -0.1) is 0 Å². The Morgan fingerprint density at radius 2 is 0.793 bits per heavy atom. The zero-order valence-electron chi connectivity index (χ0n) is 31.5. The summed E-state index contributed by atoms with van der Waals surface area (Å²) in [4.78, 5) is 15.4. The molecule has 0 aliphatic heterocycles. The highest BCUT2D eigenvalue weighted by Gasteiger charge is 2.21. The molecule has 0 aliphatic rings. The molecule has 0 atom stereocenters. The van der Waals surface area contributed by atoms with Crippen molar-refractivity contribution in [2.24, 2.45) is 0 Å². The first-order valence-corrected chi connectivity index (χ1v) is 19.7. The van der Waals surface area contributed by atoms with Gasteiger partial charge in [-0.1, -0.05) is 170 Å². The predicted octanol–water partition coefficient (Wildman–Crippen LogP) is 14.5. The van der Waals surface area contributed by atoms with Gasteiger partial charge in [-0.2, -0.15) is 0 Å². The third-order valence-corrected chi connectivity index (χ3v) is 11.3. The molecule has 0 amide bonds. The molecule has 0 spiro atoms. The van der Waals surface area contributed by atoms with Crippen molar-refractivity contribution in [3.63, 3.8) is 0 Å². The molecule has 11 aromatic rings. The number of benzene rings is 9. The molecule has 9 aromatic carbocycles. The molecule has 11 rings (SSSR count). The molecule has 0 fully saturated rings. The van der Waals surface area contributed by atoms with Crippen LogP contribution in [0.3, 0.4) is 0 Å². The minimum atomic E-state index is 0.687. The molecule has 2 aromatic heterocycles. The Hall–Kier alpha value is -7.75. The fourth-order valence-corrected chi connectivity index (χ4v) is 8.58. The molecule has 0 saturated heterocycles. The van der Waals surface area contributed by atoms with E-state index in [2.05, 4.69) is 199 Å². The fourth-order valence-electron chi connectivity index (χ4n) is 8.58. The van der Waals surface area contributed by atoms with E-state index in [4.69, 9.17) is 9.97 Å². The maximum atomic E-state index is 5.50. The van der Waals surface area contributed by atoms with E-state index in [9.17, 15) is 0 Å². The minimum absolute atomic E-state index is 0.687. The van der Waals surface area contributed by atoms with Gasteiger partial charge in [-0.25, -0.2) is 9.97 Å². The zero-order chi connectivity index (χ0) is 38.4. The van der Waals surface area contributed by atoms with E-state index in [0.29, 0.717) is 5.82 Å². The predicted molar refractivity (Wildman–Crippen MR) is 242 cm³/mol. The van der Waals surface area contributed by atoms with Crippen LogP contribution in [0.4, 0.5) is 0 Å². The summed E-state index contributed by atoms with van der Waals surface area (Å²) in [5, 5.41) is 9.45. The van der Waals surface area contributed by atoms with Gasteiger partial charge in [-0.05, 0) is 101 Å². The Morgan fingerprint density at radius 1 is 0.293 bits per heavy atom. The molecule has 0 saturated carbocycles. The first-order chi connectivity index (χ1) is 28.7. The number of fused-ring (bicyclic) bond motifs is 4. The van der Waals surface area contributed by atoms with Gasteiger partial charge in [0.2, 0.25) is 0 Å². The summed E-state index contributed by atoms with van der Waals surface area (Å²) < 4.78 is 0. The third kappa shape index (κ3) is 5.89. The zero-order valence-corrected chi connectivity index (χ0v) is 31.5. The average Bonchev–Trinajstić information content (AvgIpc) is 3.30. The van der Waals surface area contributed by atoms with Crippen LogP contribution in [0.25, 0.3) is 110 Å². The van der Waals surface area contributed by atoms with Crippen molar-refractivity contribution in [1.82, 2.24) is 15.0 Å². The summed E-state index contributed by atoms with van der Waals surface area (Å²) in [6, 6.07) is 71.5. The molecule has 3 heteroatoms. The molecule has 270 valence electrons. The summed E-state index contributed by atoms with van der Waals surface area (Å²) in [5.41, 5.74) is 11.7. The van der Waals surface area contributed by atoms with Crippen molar-refractivity contribution in [3.05, 3.63) is 213 Å². The van der Waals surface area contributed by atoms with Crippen molar-refractivity contribution in [1.29, 1.82) is 0 Å². The summed E-state index contributed by atoms with van der Waals surface area (Å²) >= 11 is 0. The lowest BCUT2D eigenvalue weighted by Gasteiger charge is -2.19. The lowest BCUT2D eigenvalue weighted by molar-refractivity contribution is 1.19. The standard InChI is InChI=1S/C55H35N3/c1-2-15-38-31-41(29-28-36(38)13-1)39-17-9-19-42(32-39)51-34-52(43-20-10-18-40(33-43)44-21-12-30-56-35-44)58-55(57-51)54-49-25-7-5-23-47(49)53(48-24-6-8-26-50(48)54)46-27-11-16-37-14-3-4-22-45(37)46/h1-35H. The molecule has 0 bridgehead atoms. The number of hydrogen-bond donors (Lipinski definition) is 0. The number of pyridine rings is 1. The number of aromatic nitrogens is 3. The molecular weight excluding hydrogens is 703 g/mol. The Balaban J connectivity index is 1.17. The fraction of sp³-hybridized carbons (Fsp3) is 0. The molecule has 0 radical (unpaired) electrons. The molecule has 2 heterocycles. The van der Waals surface area contributed by atoms with Gasteiger partial charge >= 0.3 is 0 Å². The summed E-state index contributed by atoms with van der Waals surface area (Å²) in [6.07, 6.45) is 3.71. The van der Waals surface area contributed by atoms with E-state index in [0.717, 1.165) is 55.5 Å². The molecule has 0 aliphatic carbocycles. The van der Waals surface area contributed by atoms with Crippen LogP contribution in [0.15, 0.2) is 213 Å². The smallest absolute Gasteiger partial charge is 0.161 e. The van der Waals surface area contributed by atoms with Crippen LogP contribution < -0.4 is 0 Å². The summed E-state index contributed by atoms with van der Waals surface area (Å²) in [7, 11) is 0. The molecule has 3 nitrogen and oxygen atoms in total. The highest BCUT2D eigenvalue weighted by atomic mass is 14.9. The SMILES string of the molecule is c1cncc(-c2cccc(-c3cc(-c4cccc(-c5ccc6ccccc6c5)c4)nc(-c4c5ccccc5c(-c5cccc6ccccc56)c5ccccc45)n3)c2)c1. The molecule has 0 unspecified atom stereocenters. The first kappa shape index (κ1) is 33.6. The van der Waals surface area contributed by atoms with Crippen LogP contribution in [-0.2, 0) is 0 Å². The van der Waals surface area contributed by atoms with Crippen molar-refractivity contribution in [3.8, 4) is 67.3 Å². The molecule has 58 heavy (non-hydrogen) atoms. The number of nitrogens with zero attached hydrogens (tertiary/aromatic N) is 3. The van der Waals surface area contributed by atoms with E-state index in [1.807, 2.05) is 18.5 Å². The second kappa shape index (κ2) is 14.1. The topological polar surface area (TPSA) is 38.7 Å². The van der Waals surface area contributed by atoms with Crippen LogP contribution >= 0.6 is 0 Å². The van der Waals surface area contributed by atoms with Crippen LogP contribution in [0.2, 0.25) is 0 Å². The van der Waals surface area contributed by atoms with Crippen LogP contribution in [0, 0.1) is 0 Å². The van der Waals surface area contributed by atoms with E-state index in [1.54, 1.807) is 0 Å². The maximum Gasteiger partial charge on any atom is 0.161 e. The lowest BCUT2D eigenvalue weighted by Crippen LogP contribution is -1.99. The Kier molecular flexibility index (Phi) is 8.15. The largest absolute Gasteiger partial charge is 0.264 e. The van der Waals surface area contributed by atoms with Gasteiger partial charge in [0.05, 0.1) is 11.4 Å². The van der Waals surface area contributed by atoms with Crippen molar-refractivity contribution >= 4 is 43.1 Å². The van der Waals surface area contributed by atoms with Gasteiger partial charge in [0, 0.05) is 34.6 Å². The second-order valence-electron chi connectivity index (χ2n) is 14.8. The lowest BCUT2D eigenvalue weighted by atomic mass is 9.86. The Labute approximate surface area is 336 Å². The quantitative estimate of drug-likeness (QED) is 0.160. The van der Waals surface area contributed by atoms with Crippen molar-refractivity contribution in [2.45, 2.75) is 0 Å². The highest BCUT2D eigenvalue weighted by Crippen LogP contribution is 2.45. The Morgan fingerprint density at radius 3 is 1.45 bits per heavy atom. The average molecular weight is 738 g/mol. The van der Waals surface area contributed by atoms with Crippen molar-refractivity contribution in [2.75, 3.05) is 0 Å². The number of rotatable bonds is 6. The van der Waals surface area contributed by atoms with Gasteiger partial charge in [-0.3, -0.25) is 4.98 Å². The van der Waals surface area contributed by atoms with Gasteiger partial charge < -0.3 is 0 Å². The van der Waals surface area contributed by atoms with E-state index in [-0.39, 0.29) is 0 Å². The van der Waals surface area contributed by atoms with Gasteiger partial charge in [0.15, 0.2) is 5.82 Å². The van der Waals surface area contributed by atoms with Crippen molar-refractivity contribution < 1.29 is 0 Å². The van der Waals surface area contributed by atoms with E-state index in [1.165, 1.54) is 49.0 Å². The monoisotopic (exact) mass is 737 g/mol. The normalized spacial score (nSPS) is 11.4. The summed E-state index contributed by atoms with van der Waals surface area (Å²) in [6.45, 7) is 0. The van der Waals surface area contributed by atoms with E-state index >= 15 is 0 Å². The summed E-state index contributed by atoms with van der Waals surface area (Å²) in [5.74, 6) is 0.687. The molecule has 0 N–H and O–H groups in total. The third-order valence-electron chi connectivity index (χ3n) is 11.3. The van der Waals surface area contributed by atoms with E-state index < -0.39 is 0 Å². The maximum absolute atomic E-state index is 5.50. The van der Waals surface area contributed by atoms with Crippen LogP contribution in [0.1, 0.15) is 0 Å². The highest BCUT2D eigenvalue weighted by molar-refractivity contribution is 6.23. The van der Waals surface area contributed by atoms with Gasteiger partial charge in [0.25, 0.3) is 0 Å². The minimum Gasteiger partial charge on any atom is -0.264 e. The second-order valence-corrected chi connectivity index (χ2v) is 14.8.